The normalized spacial score (nSPS) is 14.1. The number of carbonyl (C=O) groups excluding carboxylic acids is 1. The lowest BCUT2D eigenvalue weighted by molar-refractivity contribution is 0.0383. The van der Waals surface area contributed by atoms with Gasteiger partial charge in [0.1, 0.15) is 10.7 Å². The monoisotopic (exact) mass is 555 g/mol. The van der Waals surface area contributed by atoms with Crippen LogP contribution in [-0.2, 0) is 10.5 Å². The summed E-state index contributed by atoms with van der Waals surface area (Å²) in [5.74, 6) is 1.10. The fourth-order valence-corrected chi connectivity index (χ4v) is 5.85. The Kier molecular flexibility index (Phi) is 8.47. The van der Waals surface area contributed by atoms with Crippen LogP contribution in [0.1, 0.15) is 21.1 Å². The molecule has 0 spiro atoms. The van der Waals surface area contributed by atoms with Crippen LogP contribution in [0.2, 0.25) is 5.02 Å². The lowest BCUT2D eigenvalue weighted by Crippen LogP contribution is -2.41. The third-order valence-electron chi connectivity index (χ3n) is 5.91. The van der Waals surface area contributed by atoms with Gasteiger partial charge < -0.3 is 10.1 Å². The van der Waals surface area contributed by atoms with E-state index in [0.29, 0.717) is 34.0 Å². The number of nitrogens with zero attached hydrogens (tertiary/aromatic N) is 6. The summed E-state index contributed by atoms with van der Waals surface area (Å²) >= 11 is 9.32. The Hall–Kier alpha value is -2.83. The van der Waals surface area contributed by atoms with Crippen LogP contribution in [0.5, 0.6) is 0 Å². The van der Waals surface area contributed by atoms with Crippen molar-refractivity contribution in [3.8, 4) is 17.1 Å². The number of amides is 1. The molecule has 1 aliphatic rings. The summed E-state index contributed by atoms with van der Waals surface area (Å²) in [6.07, 6.45) is 3.46. The van der Waals surface area contributed by atoms with Gasteiger partial charge in [0.25, 0.3) is 5.91 Å². The van der Waals surface area contributed by atoms with Gasteiger partial charge in [-0.05, 0) is 36.8 Å². The van der Waals surface area contributed by atoms with Crippen molar-refractivity contribution in [3.05, 3.63) is 69.4 Å². The van der Waals surface area contributed by atoms with Crippen LogP contribution in [0.4, 0.5) is 0 Å². The number of hydrogen-bond acceptors (Lipinski definition) is 9. The highest BCUT2D eigenvalue weighted by molar-refractivity contribution is 7.98. The maximum absolute atomic E-state index is 12.6. The van der Waals surface area contributed by atoms with Crippen molar-refractivity contribution >= 4 is 40.6 Å². The van der Waals surface area contributed by atoms with Crippen molar-refractivity contribution in [3.63, 3.8) is 0 Å². The van der Waals surface area contributed by atoms with Crippen molar-refractivity contribution in [2.75, 3.05) is 39.4 Å². The molecule has 37 heavy (non-hydrogen) atoms. The minimum atomic E-state index is -0.154. The average Bonchev–Trinajstić information content (AvgIpc) is 3.57. The van der Waals surface area contributed by atoms with Crippen molar-refractivity contribution in [2.45, 2.75) is 17.8 Å². The predicted molar refractivity (Wildman–Crippen MR) is 146 cm³/mol. The fourth-order valence-electron chi connectivity index (χ4n) is 3.94. The summed E-state index contributed by atoms with van der Waals surface area (Å²) in [5, 5.41) is 15.9. The molecular weight excluding hydrogens is 530 g/mol. The summed E-state index contributed by atoms with van der Waals surface area (Å²) < 4.78 is 7.37. The van der Waals surface area contributed by atoms with Gasteiger partial charge in [0, 0.05) is 54.5 Å². The molecule has 0 saturated carbocycles. The first-order valence-corrected chi connectivity index (χ1v) is 14.1. The number of pyridine rings is 1. The number of thioether (sulfide) groups is 1. The maximum atomic E-state index is 12.6. The Bertz CT molecular complexity index is 1360. The highest BCUT2D eigenvalue weighted by Crippen LogP contribution is 2.32. The molecule has 0 radical (unpaired) electrons. The summed E-state index contributed by atoms with van der Waals surface area (Å²) in [7, 11) is 0. The van der Waals surface area contributed by atoms with E-state index in [-0.39, 0.29) is 5.91 Å². The molecule has 1 aromatic carbocycles. The van der Waals surface area contributed by atoms with Gasteiger partial charge in [0.2, 0.25) is 0 Å². The molecule has 4 aromatic rings. The Morgan fingerprint density at radius 2 is 2.00 bits per heavy atom. The van der Waals surface area contributed by atoms with Crippen molar-refractivity contribution in [2.24, 2.45) is 0 Å². The zero-order valence-corrected chi connectivity index (χ0v) is 22.7. The predicted octanol–water partition coefficient (Wildman–Crippen LogP) is 4.10. The molecule has 1 fully saturated rings. The topological polar surface area (TPSA) is 98.1 Å². The van der Waals surface area contributed by atoms with Gasteiger partial charge in [-0.15, -0.1) is 21.5 Å². The summed E-state index contributed by atoms with van der Waals surface area (Å²) in [4.78, 5) is 23.5. The first-order valence-electron chi connectivity index (χ1n) is 11.9. The molecule has 0 bridgehead atoms. The van der Waals surface area contributed by atoms with Crippen molar-refractivity contribution in [1.29, 1.82) is 0 Å². The fraction of sp³-hybridized carbons (Fsp3) is 0.320. The zero-order valence-electron chi connectivity index (χ0n) is 20.3. The first-order chi connectivity index (χ1) is 18.1. The van der Waals surface area contributed by atoms with E-state index in [0.717, 1.165) is 54.7 Å². The molecule has 1 N–H and O–H groups in total. The number of ether oxygens (including phenoxy) is 1. The number of nitrogens with one attached hydrogen (secondary N) is 1. The molecule has 1 aliphatic heterocycles. The van der Waals surface area contributed by atoms with Crippen molar-refractivity contribution < 1.29 is 9.53 Å². The summed E-state index contributed by atoms with van der Waals surface area (Å²) in [6, 6.07) is 9.57. The Morgan fingerprint density at radius 3 is 2.81 bits per heavy atom. The number of thiazole rings is 1. The van der Waals surface area contributed by atoms with E-state index in [9.17, 15) is 4.79 Å². The molecule has 0 unspecified atom stereocenters. The number of aryl methyl sites for hydroxylation is 1. The van der Waals surface area contributed by atoms with Crippen LogP contribution in [0, 0.1) is 6.92 Å². The molecule has 12 heteroatoms. The third kappa shape index (κ3) is 6.36. The van der Waals surface area contributed by atoms with Gasteiger partial charge in [-0.3, -0.25) is 19.2 Å². The van der Waals surface area contributed by atoms with E-state index in [4.69, 9.17) is 16.3 Å². The molecule has 1 amide bonds. The molecule has 3 aromatic heterocycles. The van der Waals surface area contributed by atoms with Gasteiger partial charge in [-0.2, -0.15) is 0 Å². The number of benzene rings is 1. The van der Waals surface area contributed by atoms with Crippen LogP contribution in [-0.4, -0.2) is 74.9 Å². The van der Waals surface area contributed by atoms with Gasteiger partial charge in [0.15, 0.2) is 11.0 Å². The molecule has 0 aliphatic carbocycles. The molecular formula is C25H26ClN7O2S2. The number of hydrogen-bond donors (Lipinski definition) is 1. The minimum Gasteiger partial charge on any atom is -0.379 e. The second-order valence-electron chi connectivity index (χ2n) is 8.43. The number of aromatic nitrogens is 5. The molecule has 0 atom stereocenters. The van der Waals surface area contributed by atoms with Crippen LogP contribution in [0.25, 0.3) is 17.1 Å². The molecule has 192 valence electrons. The first kappa shape index (κ1) is 25.8. The Balaban J connectivity index is 1.28. The third-order valence-corrected chi connectivity index (χ3v) is 8.12. The summed E-state index contributed by atoms with van der Waals surface area (Å²) in [6.45, 7) is 6.71. The van der Waals surface area contributed by atoms with E-state index in [1.54, 1.807) is 17.8 Å². The zero-order chi connectivity index (χ0) is 25.6. The average molecular weight is 556 g/mol. The smallest absolute Gasteiger partial charge is 0.270 e. The Morgan fingerprint density at radius 1 is 1.19 bits per heavy atom. The van der Waals surface area contributed by atoms with Gasteiger partial charge in [-0.1, -0.05) is 29.4 Å². The molecule has 4 heterocycles. The van der Waals surface area contributed by atoms with Gasteiger partial charge in [-0.25, -0.2) is 4.98 Å². The lowest BCUT2D eigenvalue weighted by atomic mass is 10.2. The molecule has 5 rings (SSSR count). The number of morpholine rings is 1. The highest BCUT2D eigenvalue weighted by atomic mass is 35.5. The standard InChI is InChI=1S/C25H26ClN7O2S2/c1-17-2-3-19(26)14-21(17)33-23(18-4-6-27-7-5-18)30-31-25(33)37-16-22-29-20(15-36-22)24(34)28-8-9-32-10-12-35-13-11-32/h2-7,14-15H,8-13,16H2,1H3,(H,28,34). The van der Waals surface area contributed by atoms with E-state index < -0.39 is 0 Å². The van der Waals surface area contributed by atoms with Crippen LogP contribution in [0.15, 0.2) is 53.3 Å². The number of carbonyl (C=O) groups is 1. The molecule has 1 saturated heterocycles. The van der Waals surface area contributed by atoms with Gasteiger partial charge >= 0.3 is 0 Å². The second-order valence-corrected chi connectivity index (χ2v) is 10.8. The highest BCUT2D eigenvalue weighted by Gasteiger charge is 2.19. The summed E-state index contributed by atoms with van der Waals surface area (Å²) in [5.41, 5.74) is 3.30. The van der Waals surface area contributed by atoms with E-state index >= 15 is 0 Å². The van der Waals surface area contributed by atoms with Crippen LogP contribution >= 0.6 is 34.7 Å². The second kappa shape index (κ2) is 12.1. The van der Waals surface area contributed by atoms with Crippen LogP contribution in [0.3, 0.4) is 0 Å². The number of halogens is 1. The largest absolute Gasteiger partial charge is 0.379 e. The SMILES string of the molecule is Cc1ccc(Cl)cc1-n1c(SCc2nc(C(=O)NCCN3CCOCC3)cs2)nnc1-c1ccncc1. The van der Waals surface area contributed by atoms with E-state index in [1.165, 1.54) is 23.1 Å². The van der Waals surface area contributed by atoms with E-state index in [1.807, 2.05) is 41.8 Å². The van der Waals surface area contributed by atoms with Crippen LogP contribution < -0.4 is 5.32 Å². The Labute approximate surface area is 228 Å². The van der Waals surface area contributed by atoms with Crippen molar-refractivity contribution in [1.82, 2.24) is 34.9 Å². The maximum Gasteiger partial charge on any atom is 0.270 e. The quantitative estimate of drug-likeness (QED) is 0.308. The number of rotatable bonds is 9. The van der Waals surface area contributed by atoms with Gasteiger partial charge in [0.05, 0.1) is 24.7 Å². The molecule has 9 nitrogen and oxygen atoms in total. The minimum absolute atomic E-state index is 0.154. The van der Waals surface area contributed by atoms with E-state index in [2.05, 4.69) is 30.4 Å². The lowest BCUT2D eigenvalue weighted by Gasteiger charge is -2.26.